The molecule has 0 atom stereocenters. The number of halogens is 1. The quantitative estimate of drug-likeness (QED) is 0.922. The lowest BCUT2D eigenvalue weighted by atomic mass is 10.1. The number of rotatable bonds is 5. The molecule has 1 heterocycles. The molecule has 1 aromatic heterocycles. The van der Waals surface area contributed by atoms with Gasteiger partial charge in [-0.3, -0.25) is 4.79 Å². The first-order chi connectivity index (χ1) is 10.4. The van der Waals surface area contributed by atoms with Crippen LogP contribution < -0.4 is 0 Å². The molecular weight excluding hydrogens is 289 g/mol. The fourth-order valence-electron chi connectivity index (χ4n) is 2.11. The Kier molecular flexibility index (Phi) is 4.60. The van der Waals surface area contributed by atoms with Gasteiger partial charge in [-0.25, -0.2) is 9.18 Å². The first-order valence-electron chi connectivity index (χ1n) is 6.68. The van der Waals surface area contributed by atoms with E-state index in [1.54, 1.807) is 26.1 Å². The summed E-state index contributed by atoms with van der Waals surface area (Å²) in [6.07, 6.45) is 0.0692. The zero-order valence-electron chi connectivity index (χ0n) is 12.3. The number of carbonyl (C=O) groups is 2. The Morgan fingerprint density at radius 1 is 1.32 bits per heavy atom. The van der Waals surface area contributed by atoms with Crippen LogP contribution in [-0.4, -0.2) is 28.9 Å². The fourth-order valence-corrected chi connectivity index (χ4v) is 2.11. The number of carbonyl (C=O) groups excluding carboxylic acids is 1. The maximum Gasteiger partial charge on any atom is 0.339 e. The van der Waals surface area contributed by atoms with E-state index in [0.29, 0.717) is 17.1 Å². The molecule has 22 heavy (non-hydrogen) atoms. The van der Waals surface area contributed by atoms with E-state index in [2.05, 4.69) is 0 Å². The predicted octanol–water partition coefficient (Wildman–Crippen LogP) is 2.63. The molecule has 2 rings (SSSR count). The normalized spacial score (nSPS) is 10.5. The van der Waals surface area contributed by atoms with Gasteiger partial charge in [0.2, 0.25) is 5.91 Å². The number of amides is 1. The summed E-state index contributed by atoms with van der Waals surface area (Å²) < 4.78 is 18.4. The molecule has 1 N–H and O–H groups in total. The molecule has 0 aliphatic rings. The Hall–Kier alpha value is -2.63. The summed E-state index contributed by atoms with van der Waals surface area (Å²) in [6, 6.07) is 7.26. The third-order valence-corrected chi connectivity index (χ3v) is 3.26. The standard InChI is InChI=1S/C16H16FNO4/c1-10-14(16(20)21)8-13(22-10)9-18(2)15(19)7-11-4-3-5-12(17)6-11/h3-6,8H,7,9H2,1-2H3,(H,20,21). The van der Waals surface area contributed by atoms with Crippen LogP contribution >= 0.6 is 0 Å². The number of likely N-dealkylation sites (N-methyl/N-ethyl adjacent to an activating group) is 1. The molecule has 0 bridgehead atoms. The van der Waals surface area contributed by atoms with Crippen LogP contribution in [0.1, 0.15) is 27.4 Å². The number of hydrogen-bond donors (Lipinski definition) is 1. The number of hydrogen-bond acceptors (Lipinski definition) is 3. The Balaban J connectivity index is 2.02. The van der Waals surface area contributed by atoms with Crippen molar-refractivity contribution in [3.63, 3.8) is 0 Å². The molecule has 1 aromatic carbocycles. The molecule has 6 heteroatoms. The molecular formula is C16H16FNO4. The molecule has 0 spiro atoms. The van der Waals surface area contributed by atoms with Gasteiger partial charge in [0.05, 0.1) is 13.0 Å². The number of aromatic carboxylic acids is 1. The Bertz CT molecular complexity index is 708. The molecule has 0 radical (unpaired) electrons. The van der Waals surface area contributed by atoms with Crippen molar-refractivity contribution < 1.29 is 23.5 Å². The molecule has 1 amide bonds. The van der Waals surface area contributed by atoms with Gasteiger partial charge >= 0.3 is 5.97 Å². The summed E-state index contributed by atoms with van der Waals surface area (Å²) >= 11 is 0. The number of nitrogens with zero attached hydrogens (tertiary/aromatic N) is 1. The summed E-state index contributed by atoms with van der Waals surface area (Å²) in [5, 5.41) is 8.97. The minimum atomic E-state index is -1.07. The van der Waals surface area contributed by atoms with Crippen LogP contribution in [0.15, 0.2) is 34.7 Å². The lowest BCUT2D eigenvalue weighted by Gasteiger charge is -2.15. The SMILES string of the molecule is Cc1oc(CN(C)C(=O)Cc2cccc(F)c2)cc1C(=O)O. The van der Waals surface area contributed by atoms with E-state index in [1.807, 2.05) is 0 Å². The molecule has 0 aliphatic carbocycles. The second kappa shape index (κ2) is 6.43. The molecule has 0 saturated heterocycles. The van der Waals surface area contributed by atoms with Crippen LogP contribution in [-0.2, 0) is 17.8 Å². The van der Waals surface area contributed by atoms with E-state index in [4.69, 9.17) is 9.52 Å². The maximum absolute atomic E-state index is 13.1. The number of benzene rings is 1. The first-order valence-corrected chi connectivity index (χ1v) is 6.68. The van der Waals surface area contributed by atoms with Gasteiger partial charge in [-0.15, -0.1) is 0 Å². The van der Waals surface area contributed by atoms with Crippen molar-refractivity contribution in [1.82, 2.24) is 4.90 Å². The van der Waals surface area contributed by atoms with Crippen molar-refractivity contribution in [2.24, 2.45) is 0 Å². The number of carboxylic acids is 1. The highest BCUT2D eigenvalue weighted by atomic mass is 19.1. The Morgan fingerprint density at radius 3 is 2.64 bits per heavy atom. The average molecular weight is 305 g/mol. The minimum Gasteiger partial charge on any atom is -0.478 e. The van der Waals surface area contributed by atoms with E-state index in [1.165, 1.54) is 23.1 Å². The fraction of sp³-hybridized carbons (Fsp3) is 0.250. The highest BCUT2D eigenvalue weighted by molar-refractivity contribution is 5.88. The summed E-state index contributed by atoms with van der Waals surface area (Å²) in [5.41, 5.74) is 0.666. The van der Waals surface area contributed by atoms with Crippen molar-refractivity contribution in [3.05, 3.63) is 58.8 Å². The van der Waals surface area contributed by atoms with Gasteiger partial charge in [-0.05, 0) is 30.7 Å². The third kappa shape index (κ3) is 3.72. The number of carboxylic acid groups (broad SMARTS) is 1. The van der Waals surface area contributed by atoms with Gasteiger partial charge in [-0.2, -0.15) is 0 Å². The predicted molar refractivity (Wildman–Crippen MR) is 77.0 cm³/mol. The highest BCUT2D eigenvalue weighted by Crippen LogP contribution is 2.16. The second-order valence-corrected chi connectivity index (χ2v) is 5.04. The molecule has 0 fully saturated rings. The minimum absolute atomic E-state index is 0.0692. The van der Waals surface area contributed by atoms with Gasteiger partial charge in [0.15, 0.2) is 0 Å². The van der Waals surface area contributed by atoms with Gasteiger partial charge in [0.25, 0.3) is 0 Å². The van der Waals surface area contributed by atoms with Gasteiger partial charge in [0.1, 0.15) is 22.9 Å². The van der Waals surface area contributed by atoms with E-state index in [0.717, 1.165) is 0 Å². The van der Waals surface area contributed by atoms with E-state index in [9.17, 15) is 14.0 Å². The highest BCUT2D eigenvalue weighted by Gasteiger charge is 2.17. The molecule has 0 aliphatic heterocycles. The van der Waals surface area contributed by atoms with Crippen LogP contribution in [0.2, 0.25) is 0 Å². The van der Waals surface area contributed by atoms with Crippen molar-refractivity contribution in [2.75, 3.05) is 7.05 Å². The zero-order valence-corrected chi connectivity index (χ0v) is 12.3. The topological polar surface area (TPSA) is 70.8 Å². The van der Waals surface area contributed by atoms with E-state index < -0.39 is 5.97 Å². The van der Waals surface area contributed by atoms with Crippen molar-refractivity contribution in [3.8, 4) is 0 Å². The molecule has 5 nitrogen and oxygen atoms in total. The van der Waals surface area contributed by atoms with Crippen LogP contribution in [0.5, 0.6) is 0 Å². The largest absolute Gasteiger partial charge is 0.478 e. The van der Waals surface area contributed by atoms with Gasteiger partial charge < -0.3 is 14.4 Å². The van der Waals surface area contributed by atoms with Crippen molar-refractivity contribution in [2.45, 2.75) is 19.9 Å². The van der Waals surface area contributed by atoms with Crippen LogP contribution in [0.3, 0.4) is 0 Å². The smallest absolute Gasteiger partial charge is 0.339 e. The lowest BCUT2D eigenvalue weighted by molar-refractivity contribution is -0.129. The van der Waals surface area contributed by atoms with Crippen molar-refractivity contribution >= 4 is 11.9 Å². The number of furan rings is 1. The monoisotopic (exact) mass is 305 g/mol. The number of aryl methyl sites for hydroxylation is 1. The van der Waals surface area contributed by atoms with Crippen LogP contribution in [0.25, 0.3) is 0 Å². The average Bonchev–Trinajstić information content (AvgIpc) is 2.79. The van der Waals surface area contributed by atoms with Gasteiger partial charge in [0, 0.05) is 7.05 Å². The summed E-state index contributed by atoms with van der Waals surface area (Å²) in [4.78, 5) is 24.5. The van der Waals surface area contributed by atoms with Gasteiger partial charge in [-0.1, -0.05) is 12.1 Å². The van der Waals surface area contributed by atoms with E-state index in [-0.39, 0.29) is 30.3 Å². The van der Waals surface area contributed by atoms with E-state index >= 15 is 0 Å². The van der Waals surface area contributed by atoms with Crippen LogP contribution in [0, 0.1) is 12.7 Å². The molecule has 0 unspecified atom stereocenters. The first kappa shape index (κ1) is 15.8. The maximum atomic E-state index is 13.1. The summed E-state index contributed by atoms with van der Waals surface area (Å²) in [5.74, 6) is -0.975. The van der Waals surface area contributed by atoms with Crippen LogP contribution in [0.4, 0.5) is 4.39 Å². The Labute approximate surface area is 127 Å². The zero-order chi connectivity index (χ0) is 16.3. The summed E-state index contributed by atoms with van der Waals surface area (Å²) in [6.45, 7) is 1.71. The molecule has 116 valence electrons. The summed E-state index contributed by atoms with van der Waals surface area (Å²) in [7, 11) is 1.58. The van der Waals surface area contributed by atoms with Crippen molar-refractivity contribution in [1.29, 1.82) is 0 Å². The second-order valence-electron chi connectivity index (χ2n) is 5.04. The molecule has 2 aromatic rings. The molecule has 0 saturated carbocycles. The Morgan fingerprint density at radius 2 is 2.05 bits per heavy atom. The lowest BCUT2D eigenvalue weighted by Crippen LogP contribution is -2.27. The third-order valence-electron chi connectivity index (χ3n) is 3.26.